The lowest BCUT2D eigenvalue weighted by atomic mass is 9.79. The number of ether oxygens (including phenoxy) is 2. The van der Waals surface area contributed by atoms with Crippen LogP contribution in [0.15, 0.2) is 30.3 Å². The standard InChI is InChI=1S/C23H35N3O4/c1-23(2,3)30-22(28)25-13-9-19(10-14-25)20-11-15-26(16-12-20)24-21(27)29-17-18-7-5-4-6-8-18/h4-8,19-20H,9-17H2,1-3H3,(H,24,27). The fourth-order valence-electron chi connectivity index (χ4n) is 4.25. The highest BCUT2D eigenvalue weighted by Gasteiger charge is 2.32. The van der Waals surface area contributed by atoms with Gasteiger partial charge in [0.25, 0.3) is 0 Å². The lowest BCUT2D eigenvalue weighted by molar-refractivity contribution is 0.0122. The van der Waals surface area contributed by atoms with Crippen LogP contribution in [-0.2, 0) is 16.1 Å². The van der Waals surface area contributed by atoms with Gasteiger partial charge in [0.2, 0.25) is 0 Å². The van der Waals surface area contributed by atoms with Gasteiger partial charge in [-0.1, -0.05) is 30.3 Å². The van der Waals surface area contributed by atoms with Crippen LogP contribution in [0.5, 0.6) is 0 Å². The van der Waals surface area contributed by atoms with E-state index in [0.29, 0.717) is 11.8 Å². The minimum atomic E-state index is -0.448. The second-order valence-corrected chi connectivity index (χ2v) is 9.30. The van der Waals surface area contributed by atoms with Gasteiger partial charge >= 0.3 is 12.2 Å². The predicted molar refractivity (Wildman–Crippen MR) is 115 cm³/mol. The van der Waals surface area contributed by atoms with Gasteiger partial charge in [-0.05, 0) is 63.9 Å². The zero-order chi connectivity index (χ0) is 21.6. The van der Waals surface area contributed by atoms with Crippen LogP contribution < -0.4 is 5.43 Å². The summed E-state index contributed by atoms with van der Waals surface area (Å²) in [5.41, 5.74) is 3.39. The van der Waals surface area contributed by atoms with Crippen LogP contribution in [0, 0.1) is 11.8 Å². The maximum absolute atomic E-state index is 12.2. The van der Waals surface area contributed by atoms with Crippen LogP contribution in [0.1, 0.15) is 52.0 Å². The fraction of sp³-hybridized carbons (Fsp3) is 0.652. The van der Waals surface area contributed by atoms with Gasteiger partial charge in [0.1, 0.15) is 12.2 Å². The van der Waals surface area contributed by atoms with Crippen LogP contribution >= 0.6 is 0 Å². The Balaban J connectivity index is 1.34. The van der Waals surface area contributed by atoms with Gasteiger partial charge in [-0.2, -0.15) is 0 Å². The molecule has 2 amide bonds. The van der Waals surface area contributed by atoms with Crippen LogP contribution in [0.4, 0.5) is 9.59 Å². The molecule has 0 saturated carbocycles. The highest BCUT2D eigenvalue weighted by Crippen LogP contribution is 2.32. The lowest BCUT2D eigenvalue weighted by Gasteiger charge is -2.40. The molecule has 2 fully saturated rings. The Hall–Kier alpha value is -2.28. The van der Waals surface area contributed by atoms with Crippen molar-refractivity contribution < 1.29 is 19.1 Å². The summed E-state index contributed by atoms with van der Waals surface area (Å²) in [6.07, 6.45) is 3.55. The Morgan fingerprint density at radius 1 is 0.967 bits per heavy atom. The summed E-state index contributed by atoms with van der Waals surface area (Å²) < 4.78 is 10.8. The molecule has 1 aromatic carbocycles. The Morgan fingerprint density at radius 2 is 1.53 bits per heavy atom. The second kappa shape index (κ2) is 10.2. The summed E-state index contributed by atoms with van der Waals surface area (Å²) in [6, 6.07) is 9.67. The van der Waals surface area contributed by atoms with E-state index in [0.717, 1.165) is 57.4 Å². The molecule has 166 valence electrons. The van der Waals surface area contributed by atoms with Gasteiger partial charge in [0, 0.05) is 26.2 Å². The molecular formula is C23H35N3O4. The van der Waals surface area contributed by atoms with Crippen LogP contribution in [0.2, 0.25) is 0 Å². The fourth-order valence-corrected chi connectivity index (χ4v) is 4.25. The number of piperidine rings is 2. The quantitative estimate of drug-likeness (QED) is 0.795. The lowest BCUT2D eigenvalue weighted by Crippen LogP contribution is -2.49. The summed E-state index contributed by atoms with van der Waals surface area (Å²) in [6.45, 7) is 9.17. The Bertz CT molecular complexity index is 688. The highest BCUT2D eigenvalue weighted by molar-refractivity contribution is 5.68. The molecule has 3 rings (SSSR count). The first-order chi connectivity index (χ1) is 14.3. The van der Waals surface area contributed by atoms with Gasteiger partial charge in [0.15, 0.2) is 0 Å². The maximum Gasteiger partial charge on any atom is 0.422 e. The Labute approximate surface area is 179 Å². The molecule has 0 aliphatic carbocycles. The number of benzene rings is 1. The van der Waals surface area contributed by atoms with Crippen molar-refractivity contribution in [2.75, 3.05) is 26.2 Å². The Kier molecular flexibility index (Phi) is 7.58. The molecule has 1 N–H and O–H groups in total. The van der Waals surface area contributed by atoms with E-state index in [4.69, 9.17) is 9.47 Å². The zero-order valence-electron chi connectivity index (χ0n) is 18.4. The molecule has 2 aliphatic rings. The Morgan fingerprint density at radius 3 is 2.10 bits per heavy atom. The number of likely N-dealkylation sites (tertiary alicyclic amines) is 1. The van der Waals surface area contributed by atoms with Crippen molar-refractivity contribution in [2.45, 2.75) is 58.7 Å². The number of hydrogen-bond donors (Lipinski definition) is 1. The number of carbonyl (C=O) groups is 2. The monoisotopic (exact) mass is 417 g/mol. The summed E-state index contributed by atoms with van der Waals surface area (Å²) in [5, 5.41) is 1.96. The summed E-state index contributed by atoms with van der Waals surface area (Å²) in [7, 11) is 0. The van der Waals surface area contributed by atoms with Crippen LogP contribution in [0.3, 0.4) is 0 Å². The molecule has 30 heavy (non-hydrogen) atoms. The third kappa shape index (κ3) is 6.90. The topological polar surface area (TPSA) is 71.1 Å². The summed E-state index contributed by atoms with van der Waals surface area (Å²) >= 11 is 0. The van der Waals surface area contributed by atoms with Crippen molar-refractivity contribution >= 4 is 12.2 Å². The number of nitrogens with zero attached hydrogens (tertiary/aromatic N) is 2. The zero-order valence-corrected chi connectivity index (χ0v) is 18.4. The van der Waals surface area contributed by atoms with Crippen molar-refractivity contribution in [2.24, 2.45) is 11.8 Å². The third-order valence-corrected chi connectivity index (χ3v) is 5.86. The van der Waals surface area contributed by atoms with Crippen molar-refractivity contribution in [1.82, 2.24) is 15.3 Å². The number of hydrazine groups is 1. The average molecular weight is 418 g/mol. The molecule has 0 unspecified atom stereocenters. The SMILES string of the molecule is CC(C)(C)OC(=O)N1CCC(C2CCN(NC(=O)OCc3ccccc3)CC2)CC1. The van der Waals surface area contributed by atoms with Crippen molar-refractivity contribution in [1.29, 1.82) is 0 Å². The minimum absolute atomic E-state index is 0.200. The minimum Gasteiger partial charge on any atom is -0.444 e. The molecule has 2 heterocycles. The number of hydrogen-bond acceptors (Lipinski definition) is 5. The molecular weight excluding hydrogens is 382 g/mol. The molecule has 0 radical (unpaired) electrons. The van der Waals surface area contributed by atoms with E-state index in [2.05, 4.69) is 5.43 Å². The molecule has 2 saturated heterocycles. The summed E-state index contributed by atoms with van der Waals surface area (Å²) in [4.78, 5) is 26.1. The van der Waals surface area contributed by atoms with Crippen molar-refractivity contribution in [3.05, 3.63) is 35.9 Å². The first-order valence-corrected chi connectivity index (χ1v) is 11.0. The van der Waals surface area contributed by atoms with E-state index in [1.165, 1.54) is 0 Å². The van der Waals surface area contributed by atoms with E-state index in [-0.39, 0.29) is 12.7 Å². The van der Waals surface area contributed by atoms with E-state index in [9.17, 15) is 9.59 Å². The molecule has 0 bridgehead atoms. The smallest absolute Gasteiger partial charge is 0.422 e. The van der Waals surface area contributed by atoms with Gasteiger partial charge in [-0.15, -0.1) is 0 Å². The molecule has 7 heteroatoms. The molecule has 2 aliphatic heterocycles. The number of nitrogens with one attached hydrogen (secondary N) is 1. The van der Waals surface area contributed by atoms with E-state index in [1.54, 1.807) is 0 Å². The molecule has 0 spiro atoms. The first kappa shape index (κ1) is 22.4. The van der Waals surface area contributed by atoms with E-state index in [1.807, 2.05) is 61.0 Å². The highest BCUT2D eigenvalue weighted by atomic mass is 16.6. The van der Waals surface area contributed by atoms with E-state index < -0.39 is 11.7 Å². The van der Waals surface area contributed by atoms with Crippen molar-refractivity contribution in [3.63, 3.8) is 0 Å². The molecule has 0 aromatic heterocycles. The maximum atomic E-state index is 12.2. The van der Waals surface area contributed by atoms with E-state index >= 15 is 0 Å². The predicted octanol–water partition coefficient (Wildman–Crippen LogP) is 4.19. The number of amides is 2. The molecule has 0 atom stereocenters. The largest absolute Gasteiger partial charge is 0.444 e. The summed E-state index contributed by atoms with van der Waals surface area (Å²) in [5.74, 6) is 1.28. The molecule has 7 nitrogen and oxygen atoms in total. The number of rotatable bonds is 4. The normalized spacial score (nSPS) is 19.4. The van der Waals surface area contributed by atoms with Gasteiger partial charge in [0.05, 0.1) is 0 Å². The number of carbonyl (C=O) groups excluding carboxylic acids is 2. The average Bonchev–Trinajstić information content (AvgIpc) is 2.72. The van der Waals surface area contributed by atoms with Crippen molar-refractivity contribution in [3.8, 4) is 0 Å². The van der Waals surface area contributed by atoms with Gasteiger partial charge < -0.3 is 14.4 Å². The van der Waals surface area contributed by atoms with Gasteiger partial charge in [-0.3, -0.25) is 5.43 Å². The third-order valence-electron chi connectivity index (χ3n) is 5.86. The first-order valence-electron chi connectivity index (χ1n) is 11.0. The van der Waals surface area contributed by atoms with Gasteiger partial charge in [-0.25, -0.2) is 14.6 Å². The van der Waals surface area contributed by atoms with Crippen LogP contribution in [0.25, 0.3) is 0 Å². The second-order valence-electron chi connectivity index (χ2n) is 9.30. The molecule has 1 aromatic rings. The van der Waals surface area contributed by atoms with Crippen LogP contribution in [-0.4, -0.2) is 53.9 Å².